The molecule has 1 N–H and O–H groups in total. The van der Waals surface area contributed by atoms with Gasteiger partial charge in [0.25, 0.3) is 0 Å². The zero-order chi connectivity index (χ0) is 24.4. The Kier molecular flexibility index (Phi) is 9.58. The molecule has 0 aromatic heterocycles. The number of rotatable bonds is 13. The fraction of sp³-hybridized carbons (Fsp3) is 0.379. The van der Waals surface area contributed by atoms with Gasteiger partial charge in [-0.3, -0.25) is 0 Å². The maximum atomic E-state index is 12.7. The average molecular weight is 481 g/mol. The van der Waals surface area contributed by atoms with Gasteiger partial charge in [0, 0.05) is 0 Å². The molecule has 3 aromatic rings. The first kappa shape index (κ1) is 25.8. The van der Waals surface area contributed by atoms with Crippen LogP contribution in [0.25, 0.3) is 0 Å². The molecule has 0 bridgehead atoms. The third-order valence-electron chi connectivity index (χ3n) is 6.09. The van der Waals surface area contributed by atoms with Gasteiger partial charge in [0.05, 0.1) is 16.4 Å². The Balaban J connectivity index is 1.28. The van der Waals surface area contributed by atoms with E-state index in [4.69, 9.17) is 4.74 Å². The molecule has 34 heavy (non-hydrogen) atoms. The van der Waals surface area contributed by atoms with Crippen LogP contribution in [0.15, 0.2) is 76.5 Å². The van der Waals surface area contributed by atoms with Gasteiger partial charge in [-0.2, -0.15) is 0 Å². The van der Waals surface area contributed by atoms with E-state index in [-0.39, 0.29) is 15.5 Å². The van der Waals surface area contributed by atoms with Gasteiger partial charge in [-0.1, -0.05) is 56.4 Å². The van der Waals surface area contributed by atoms with E-state index >= 15 is 0 Å². The highest BCUT2D eigenvalue weighted by molar-refractivity contribution is 7.91. The number of phenolic OH excluding ortho intramolecular Hbond substituents is 1. The monoisotopic (exact) mass is 480 g/mol. The van der Waals surface area contributed by atoms with Crippen LogP contribution < -0.4 is 4.74 Å². The third kappa shape index (κ3) is 7.63. The van der Waals surface area contributed by atoms with Gasteiger partial charge in [-0.25, -0.2) is 8.42 Å². The minimum absolute atomic E-state index is 0.0523. The second-order valence-corrected chi connectivity index (χ2v) is 10.9. The maximum absolute atomic E-state index is 12.7. The fourth-order valence-electron chi connectivity index (χ4n) is 3.96. The van der Waals surface area contributed by atoms with E-state index in [2.05, 4.69) is 32.0 Å². The first-order valence-electron chi connectivity index (χ1n) is 12.2. The Morgan fingerprint density at radius 2 is 1.26 bits per heavy atom. The topological polar surface area (TPSA) is 63.6 Å². The second kappa shape index (κ2) is 12.6. The minimum Gasteiger partial charge on any atom is -0.508 e. The molecule has 0 aliphatic rings. The SMILES string of the molecule is Cc1ccc(C)c(OCCCCCCCCCc2ccc(S(=O)(=O)c3ccc(O)cc3)cc2)c1. The minimum atomic E-state index is -3.55. The van der Waals surface area contributed by atoms with E-state index in [1.165, 1.54) is 67.5 Å². The standard InChI is InChI=1S/C29H36O4S/c1-23-11-12-24(2)29(22-23)33-21-9-7-5-3-4-6-8-10-25-13-17-27(18-14-25)34(31,32)28-19-15-26(30)16-20-28/h11-20,22,30H,3-10,21H2,1-2H3. The summed E-state index contributed by atoms with van der Waals surface area (Å²) in [6.07, 6.45) is 9.25. The highest BCUT2D eigenvalue weighted by Crippen LogP contribution is 2.24. The molecule has 0 atom stereocenters. The van der Waals surface area contributed by atoms with Crippen molar-refractivity contribution in [3.05, 3.63) is 83.4 Å². The number of aryl methyl sites for hydroxylation is 3. The van der Waals surface area contributed by atoms with Crippen LogP contribution in [0.4, 0.5) is 0 Å². The number of hydrogen-bond acceptors (Lipinski definition) is 4. The Morgan fingerprint density at radius 3 is 1.91 bits per heavy atom. The highest BCUT2D eigenvalue weighted by atomic mass is 32.2. The first-order chi connectivity index (χ1) is 16.4. The lowest BCUT2D eigenvalue weighted by Gasteiger charge is -2.10. The van der Waals surface area contributed by atoms with E-state index in [9.17, 15) is 13.5 Å². The van der Waals surface area contributed by atoms with Crippen molar-refractivity contribution in [2.24, 2.45) is 0 Å². The molecule has 3 rings (SSSR count). The summed E-state index contributed by atoms with van der Waals surface area (Å²) < 4.78 is 31.3. The lowest BCUT2D eigenvalue weighted by molar-refractivity contribution is 0.302. The molecule has 5 heteroatoms. The van der Waals surface area contributed by atoms with Crippen LogP contribution in [0, 0.1) is 13.8 Å². The predicted octanol–water partition coefficient (Wildman–Crippen LogP) is 7.19. The summed E-state index contributed by atoms with van der Waals surface area (Å²) in [5.74, 6) is 1.06. The Morgan fingerprint density at radius 1 is 0.706 bits per heavy atom. The number of unbranched alkanes of at least 4 members (excludes halogenated alkanes) is 6. The molecule has 4 nitrogen and oxygen atoms in total. The summed E-state index contributed by atoms with van der Waals surface area (Å²) in [5.41, 5.74) is 3.59. The molecule has 182 valence electrons. The summed E-state index contributed by atoms with van der Waals surface area (Å²) >= 11 is 0. The van der Waals surface area contributed by atoms with Crippen molar-refractivity contribution >= 4 is 9.84 Å². The Labute approximate surface area is 204 Å². The molecule has 0 fully saturated rings. The van der Waals surface area contributed by atoms with Crippen LogP contribution in [-0.4, -0.2) is 20.1 Å². The molecular formula is C29H36O4S. The third-order valence-corrected chi connectivity index (χ3v) is 7.88. The smallest absolute Gasteiger partial charge is 0.206 e. The lowest BCUT2D eigenvalue weighted by Crippen LogP contribution is -2.01. The van der Waals surface area contributed by atoms with Gasteiger partial charge >= 0.3 is 0 Å². The van der Waals surface area contributed by atoms with Crippen molar-refractivity contribution in [3.8, 4) is 11.5 Å². The molecular weight excluding hydrogens is 444 g/mol. The zero-order valence-corrected chi connectivity index (χ0v) is 21.1. The molecule has 3 aromatic carbocycles. The molecule has 0 saturated heterocycles. The van der Waals surface area contributed by atoms with Crippen LogP contribution >= 0.6 is 0 Å². The molecule has 0 aliphatic carbocycles. The zero-order valence-electron chi connectivity index (χ0n) is 20.3. The van der Waals surface area contributed by atoms with Crippen LogP contribution in [0.2, 0.25) is 0 Å². The first-order valence-corrected chi connectivity index (χ1v) is 13.7. The largest absolute Gasteiger partial charge is 0.508 e. The number of sulfone groups is 1. The molecule has 0 spiro atoms. The second-order valence-electron chi connectivity index (χ2n) is 8.98. The summed E-state index contributed by atoms with van der Waals surface area (Å²) in [5, 5.41) is 9.37. The van der Waals surface area contributed by atoms with Crippen molar-refractivity contribution < 1.29 is 18.3 Å². The van der Waals surface area contributed by atoms with E-state index in [0.29, 0.717) is 0 Å². The summed E-state index contributed by atoms with van der Waals surface area (Å²) in [7, 11) is -3.55. The molecule has 0 amide bonds. The number of ether oxygens (including phenoxy) is 1. The number of phenols is 1. The van der Waals surface area contributed by atoms with E-state index in [1.54, 1.807) is 12.1 Å². The molecule has 0 radical (unpaired) electrons. The average Bonchev–Trinajstić information content (AvgIpc) is 2.83. The van der Waals surface area contributed by atoms with E-state index < -0.39 is 9.84 Å². The van der Waals surface area contributed by atoms with Gasteiger partial charge in [0.15, 0.2) is 0 Å². The Bertz CT molecular complexity index is 1130. The maximum Gasteiger partial charge on any atom is 0.206 e. The summed E-state index contributed by atoms with van der Waals surface area (Å²) in [6, 6.07) is 19.1. The summed E-state index contributed by atoms with van der Waals surface area (Å²) in [4.78, 5) is 0.471. The molecule has 0 saturated carbocycles. The van der Waals surface area contributed by atoms with Gasteiger partial charge in [-0.05, 0) is 92.3 Å². The normalized spacial score (nSPS) is 11.5. The number of aromatic hydroxyl groups is 1. The van der Waals surface area contributed by atoms with E-state index in [0.717, 1.165) is 37.2 Å². The van der Waals surface area contributed by atoms with Crippen molar-refractivity contribution in [2.45, 2.75) is 75.0 Å². The number of hydrogen-bond donors (Lipinski definition) is 1. The molecule has 0 heterocycles. The summed E-state index contributed by atoms with van der Waals surface area (Å²) in [6.45, 7) is 4.96. The van der Waals surface area contributed by atoms with E-state index in [1.807, 2.05) is 12.1 Å². The predicted molar refractivity (Wildman–Crippen MR) is 137 cm³/mol. The van der Waals surface area contributed by atoms with Crippen molar-refractivity contribution in [2.75, 3.05) is 6.61 Å². The highest BCUT2D eigenvalue weighted by Gasteiger charge is 2.17. The van der Waals surface area contributed by atoms with Gasteiger partial charge in [0.2, 0.25) is 9.84 Å². The van der Waals surface area contributed by atoms with Crippen LogP contribution in [0.1, 0.15) is 61.6 Å². The molecule has 0 aliphatic heterocycles. The molecule has 0 unspecified atom stereocenters. The van der Waals surface area contributed by atoms with Gasteiger partial charge < -0.3 is 9.84 Å². The van der Waals surface area contributed by atoms with Crippen molar-refractivity contribution in [3.63, 3.8) is 0 Å². The van der Waals surface area contributed by atoms with Crippen LogP contribution in [-0.2, 0) is 16.3 Å². The Hall–Kier alpha value is -2.79. The lowest BCUT2D eigenvalue weighted by atomic mass is 10.0. The van der Waals surface area contributed by atoms with Crippen LogP contribution in [0.5, 0.6) is 11.5 Å². The van der Waals surface area contributed by atoms with Crippen molar-refractivity contribution in [1.29, 1.82) is 0 Å². The fourth-order valence-corrected chi connectivity index (χ4v) is 5.22. The van der Waals surface area contributed by atoms with Gasteiger partial charge in [0.1, 0.15) is 11.5 Å². The quantitative estimate of drug-likeness (QED) is 0.263. The number of benzene rings is 3. The van der Waals surface area contributed by atoms with Gasteiger partial charge in [-0.15, -0.1) is 0 Å². The van der Waals surface area contributed by atoms with Crippen molar-refractivity contribution in [1.82, 2.24) is 0 Å². The van der Waals surface area contributed by atoms with Crippen LogP contribution in [0.3, 0.4) is 0 Å².